The van der Waals surface area contributed by atoms with E-state index in [4.69, 9.17) is 10.8 Å². The number of carbonyl (C=O) groups is 1. The number of benzene rings is 2. The van der Waals surface area contributed by atoms with Gasteiger partial charge in [-0.3, -0.25) is 19.8 Å². The van der Waals surface area contributed by atoms with Crippen LogP contribution in [0.3, 0.4) is 0 Å². The van der Waals surface area contributed by atoms with Crippen LogP contribution in [0, 0.1) is 22.5 Å². The lowest BCUT2D eigenvalue weighted by Crippen LogP contribution is -2.46. The molecule has 0 unspecified atom stereocenters. The van der Waals surface area contributed by atoms with Crippen molar-refractivity contribution in [2.75, 3.05) is 48.7 Å². The van der Waals surface area contributed by atoms with Gasteiger partial charge in [-0.25, -0.2) is 0 Å². The molecule has 1 aliphatic heterocycles. The Kier molecular flexibility index (Phi) is 7.41. The minimum Gasteiger partial charge on any atom is -0.411 e. The highest BCUT2D eigenvalue weighted by Gasteiger charge is 2.20. The summed E-state index contributed by atoms with van der Waals surface area (Å²) in [6.45, 7) is 4.34. The maximum Gasteiger partial charge on any atom is 0.282 e. The Balaban J connectivity index is 1.28. The van der Waals surface area contributed by atoms with E-state index in [2.05, 4.69) is 31.2 Å². The van der Waals surface area contributed by atoms with Gasteiger partial charge in [0, 0.05) is 43.6 Å². The van der Waals surface area contributed by atoms with E-state index in [1.54, 1.807) is 12.1 Å². The summed E-state index contributed by atoms with van der Waals surface area (Å²) >= 11 is 1.06. The molecule has 1 aliphatic rings. The summed E-state index contributed by atoms with van der Waals surface area (Å²) in [5, 5.41) is 21.9. The fraction of sp³-hybridized carbons (Fsp3) is 0.261. The first kappa shape index (κ1) is 23.3. The third kappa shape index (κ3) is 5.72. The first-order valence-electron chi connectivity index (χ1n) is 10.5. The molecule has 11 heteroatoms. The molecule has 10 nitrogen and oxygen atoms in total. The van der Waals surface area contributed by atoms with Crippen LogP contribution in [0.2, 0.25) is 0 Å². The fourth-order valence-corrected chi connectivity index (χ4v) is 4.13. The number of rotatable bonds is 8. The molecule has 0 bridgehead atoms. The number of anilines is 2. The van der Waals surface area contributed by atoms with Gasteiger partial charge in [0.1, 0.15) is 5.56 Å². The zero-order valence-electron chi connectivity index (χ0n) is 18.2. The molecule has 0 radical (unpaired) electrons. The first-order valence-corrected chi connectivity index (χ1v) is 11.5. The van der Waals surface area contributed by atoms with Gasteiger partial charge in [-0.05, 0) is 30.3 Å². The van der Waals surface area contributed by atoms with Crippen LogP contribution in [0.4, 0.5) is 17.1 Å². The van der Waals surface area contributed by atoms with Crippen molar-refractivity contribution in [2.24, 2.45) is 0 Å². The smallest absolute Gasteiger partial charge is 0.282 e. The molecule has 2 aromatic carbocycles. The Hall–Kier alpha value is -3.88. The summed E-state index contributed by atoms with van der Waals surface area (Å²) in [7, 11) is 0. The van der Waals surface area contributed by atoms with Crippen molar-refractivity contribution in [3.8, 4) is 23.8 Å². The number of para-hydroxylation sites is 1. The number of amides is 1. The molecule has 0 spiro atoms. The molecule has 174 valence electrons. The van der Waals surface area contributed by atoms with E-state index < -0.39 is 4.92 Å². The third-order valence-electron chi connectivity index (χ3n) is 5.27. The Bertz CT molecular complexity index is 1200. The van der Waals surface area contributed by atoms with E-state index in [-0.39, 0.29) is 34.0 Å². The lowest BCUT2D eigenvalue weighted by atomic mass is 10.2. The highest BCUT2D eigenvalue weighted by Crippen LogP contribution is 2.30. The first-order chi connectivity index (χ1) is 16.5. The summed E-state index contributed by atoms with van der Waals surface area (Å²) in [6, 6.07) is 13.8. The van der Waals surface area contributed by atoms with Crippen molar-refractivity contribution < 1.29 is 14.1 Å². The SMILES string of the molecule is C#CCN1CCN(c2ccc(NC(=O)CSc3nnc(-c4ccccc4[N+](=O)[O-])o3)cc2)CC1. The van der Waals surface area contributed by atoms with Crippen molar-refractivity contribution in [3.63, 3.8) is 0 Å². The topological polar surface area (TPSA) is 118 Å². The van der Waals surface area contributed by atoms with Crippen LogP contribution in [0.15, 0.2) is 58.2 Å². The lowest BCUT2D eigenvalue weighted by molar-refractivity contribution is -0.384. The van der Waals surface area contributed by atoms with E-state index >= 15 is 0 Å². The zero-order chi connectivity index (χ0) is 23.9. The summed E-state index contributed by atoms with van der Waals surface area (Å²) in [5.41, 5.74) is 1.89. The van der Waals surface area contributed by atoms with Crippen LogP contribution in [0.1, 0.15) is 0 Å². The van der Waals surface area contributed by atoms with Crippen LogP contribution >= 0.6 is 11.8 Å². The monoisotopic (exact) mass is 478 g/mol. The molecule has 1 amide bonds. The number of nitro benzene ring substituents is 1. The Morgan fingerprint density at radius 2 is 1.88 bits per heavy atom. The summed E-state index contributed by atoms with van der Waals surface area (Å²) in [4.78, 5) is 27.6. The standard InChI is InChI=1S/C23H22N6O4S/c1-2-11-27-12-14-28(15-13-27)18-9-7-17(8-10-18)24-21(30)16-34-23-26-25-22(33-23)19-5-3-4-6-20(19)29(31)32/h1,3-10H,11-16H2,(H,24,30). The molecule has 1 N–H and O–H groups in total. The second-order valence-electron chi connectivity index (χ2n) is 7.50. The zero-order valence-corrected chi connectivity index (χ0v) is 19.0. The van der Waals surface area contributed by atoms with Crippen LogP contribution < -0.4 is 10.2 Å². The molecule has 34 heavy (non-hydrogen) atoms. The van der Waals surface area contributed by atoms with Gasteiger partial charge >= 0.3 is 0 Å². The number of aromatic nitrogens is 2. The average Bonchev–Trinajstić information content (AvgIpc) is 3.33. The predicted molar refractivity (Wildman–Crippen MR) is 130 cm³/mol. The van der Waals surface area contributed by atoms with Gasteiger partial charge in [0.05, 0.1) is 17.2 Å². The van der Waals surface area contributed by atoms with E-state index in [0.717, 1.165) is 43.6 Å². The van der Waals surface area contributed by atoms with E-state index in [9.17, 15) is 14.9 Å². The number of nitrogens with zero attached hydrogens (tertiary/aromatic N) is 5. The summed E-state index contributed by atoms with van der Waals surface area (Å²) < 4.78 is 5.50. The van der Waals surface area contributed by atoms with E-state index in [1.807, 2.05) is 24.3 Å². The van der Waals surface area contributed by atoms with Gasteiger partial charge in [0.25, 0.3) is 16.8 Å². The Morgan fingerprint density at radius 1 is 1.15 bits per heavy atom. The second-order valence-corrected chi connectivity index (χ2v) is 8.43. The van der Waals surface area contributed by atoms with Gasteiger partial charge in [0.15, 0.2) is 0 Å². The normalized spacial score (nSPS) is 13.9. The van der Waals surface area contributed by atoms with Crippen LogP contribution in [0.25, 0.3) is 11.5 Å². The molecule has 0 atom stereocenters. The Morgan fingerprint density at radius 3 is 2.59 bits per heavy atom. The molecule has 1 aromatic heterocycles. The average molecular weight is 479 g/mol. The highest BCUT2D eigenvalue weighted by atomic mass is 32.2. The van der Waals surface area contributed by atoms with Gasteiger partial charge in [-0.1, -0.05) is 29.8 Å². The van der Waals surface area contributed by atoms with Crippen LogP contribution in [0.5, 0.6) is 0 Å². The van der Waals surface area contributed by atoms with Crippen molar-refractivity contribution >= 4 is 34.7 Å². The molecule has 3 aromatic rings. The van der Waals surface area contributed by atoms with Gasteiger partial charge < -0.3 is 14.6 Å². The van der Waals surface area contributed by atoms with Crippen molar-refractivity contribution in [3.05, 3.63) is 58.6 Å². The van der Waals surface area contributed by atoms with Gasteiger partial charge in [-0.15, -0.1) is 16.6 Å². The number of piperazine rings is 1. The van der Waals surface area contributed by atoms with Gasteiger partial charge in [0.2, 0.25) is 5.91 Å². The Labute approximate surface area is 200 Å². The maximum atomic E-state index is 12.3. The van der Waals surface area contributed by atoms with Crippen molar-refractivity contribution in [1.29, 1.82) is 0 Å². The number of nitrogens with one attached hydrogen (secondary N) is 1. The minimum absolute atomic E-state index is 0.0333. The molecule has 1 saturated heterocycles. The summed E-state index contributed by atoms with van der Waals surface area (Å²) in [5.74, 6) is 2.54. The second kappa shape index (κ2) is 10.8. The van der Waals surface area contributed by atoms with E-state index in [0.29, 0.717) is 12.2 Å². The molecular weight excluding hydrogens is 456 g/mol. The molecule has 1 fully saturated rings. The van der Waals surface area contributed by atoms with Crippen LogP contribution in [-0.4, -0.2) is 64.4 Å². The maximum absolute atomic E-state index is 12.3. The highest BCUT2D eigenvalue weighted by molar-refractivity contribution is 7.99. The summed E-state index contributed by atoms with van der Waals surface area (Å²) in [6.07, 6.45) is 5.38. The van der Waals surface area contributed by atoms with Crippen molar-refractivity contribution in [1.82, 2.24) is 15.1 Å². The fourth-order valence-electron chi connectivity index (χ4n) is 3.56. The molecule has 4 rings (SSSR count). The number of hydrogen-bond acceptors (Lipinski definition) is 9. The quantitative estimate of drug-likeness (QED) is 0.225. The molecular formula is C23H22N6O4S. The number of thioether (sulfide) groups is 1. The molecule has 2 heterocycles. The predicted octanol–water partition coefficient (Wildman–Crippen LogP) is 3.13. The van der Waals surface area contributed by atoms with Gasteiger partial charge in [-0.2, -0.15) is 0 Å². The molecule has 0 aliphatic carbocycles. The number of terminal acetylenes is 1. The number of carbonyl (C=O) groups excluding carboxylic acids is 1. The number of hydrogen-bond donors (Lipinski definition) is 1. The third-order valence-corrected chi connectivity index (χ3v) is 6.09. The largest absolute Gasteiger partial charge is 0.411 e. The van der Waals surface area contributed by atoms with Crippen LogP contribution in [-0.2, 0) is 4.79 Å². The lowest BCUT2D eigenvalue weighted by Gasteiger charge is -2.35. The minimum atomic E-state index is -0.510. The van der Waals surface area contributed by atoms with E-state index in [1.165, 1.54) is 12.1 Å². The van der Waals surface area contributed by atoms with Crippen molar-refractivity contribution in [2.45, 2.75) is 5.22 Å². The molecule has 0 saturated carbocycles. The number of nitro groups is 1.